The number of hydrogen-bond donors (Lipinski definition) is 1. The van der Waals surface area contributed by atoms with E-state index in [1.807, 2.05) is 12.1 Å². The van der Waals surface area contributed by atoms with Crippen LogP contribution in [-0.2, 0) is 0 Å². The summed E-state index contributed by atoms with van der Waals surface area (Å²) in [5, 5.41) is 4.37. The molecule has 0 aromatic heterocycles. The standard InChI is InChI=1S/C12H16ClN/c1-9(12-6-3-7-14-12)10-4-2-5-11(13)8-10/h2,4-5,8-9,12,14H,3,6-7H2,1H3. The fourth-order valence-electron chi connectivity index (χ4n) is 2.16. The lowest BCUT2D eigenvalue weighted by molar-refractivity contribution is 0.517. The van der Waals surface area contributed by atoms with Gasteiger partial charge in [-0.2, -0.15) is 0 Å². The van der Waals surface area contributed by atoms with Crippen LogP contribution in [0.5, 0.6) is 0 Å². The van der Waals surface area contributed by atoms with Crippen molar-refractivity contribution in [2.45, 2.75) is 31.7 Å². The van der Waals surface area contributed by atoms with E-state index in [9.17, 15) is 0 Å². The molecule has 1 heterocycles. The zero-order valence-corrected chi connectivity index (χ0v) is 9.22. The van der Waals surface area contributed by atoms with Crippen LogP contribution < -0.4 is 5.32 Å². The van der Waals surface area contributed by atoms with Crippen molar-refractivity contribution in [2.75, 3.05) is 6.54 Å². The molecule has 2 heteroatoms. The van der Waals surface area contributed by atoms with E-state index in [0.717, 1.165) is 11.6 Å². The van der Waals surface area contributed by atoms with E-state index in [1.165, 1.54) is 18.4 Å². The van der Waals surface area contributed by atoms with Crippen molar-refractivity contribution < 1.29 is 0 Å². The first-order valence-electron chi connectivity index (χ1n) is 5.26. The van der Waals surface area contributed by atoms with Crippen LogP contribution in [0.25, 0.3) is 0 Å². The summed E-state index contributed by atoms with van der Waals surface area (Å²) in [6.45, 7) is 3.43. The first-order valence-corrected chi connectivity index (χ1v) is 5.64. The lowest BCUT2D eigenvalue weighted by Gasteiger charge is -2.19. The molecule has 1 nitrogen and oxygen atoms in total. The molecular weight excluding hydrogens is 194 g/mol. The Bertz CT molecular complexity index is 305. The van der Waals surface area contributed by atoms with Crippen LogP contribution >= 0.6 is 11.6 Å². The van der Waals surface area contributed by atoms with E-state index in [4.69, 9.17) is 11.6 Å². The molecule has 1 aliphatic rings. The zero-order chi connectivity index (χ0) is 9.97. The highest BCUT2D eigenvalue weighted by atomic mass is 35.5. The summed E-state index contributed by atoms with van der Waals surface area (Å²) in [7, 11) is 0. The predicted octanol–water partition coefficient (Wildman–Crippen LogP) is 3.20. The van der Waals surface area contributed by atoms with Crippen molar-refractivity contribution in [3.8, 4) is 0 Å². The SMILES string of the molecule is CC(c1cccc(Cl)c1)C1CCCN1. The van der Waals surface area contributed by atoms with E-state index in [1.54, 1.807) is 0 Å². The molecule has 1 aliphatic heterocycles. The van der Waals surface area contributed by atoms with Crippen molar-refractivity contribution in [3.05, 3.63) is 34.9 Å². The normalized spacial score (nSPS) is 23.7. The van der Waals surface area contributed by atoms with Gasteiger partial charge in [0.25, 0.3) is 0 Å². The quantitative estimate of drug-likeness (QED) is 0.789. The first-order chi connectivity index (χ1) is 6.77. The molecule has 0 bridgehead atoms. The smallest absolute Gasteiger partial charge is 0.0408 e. The second-order valence-electron chi connectivity index (χ2n) is 4.05. The van der Waals surface area contributed by atoms with Crippen LogP contribution in [0, 0.1) is 0 Å². The average molecular weight is 210 g/mol. The maximum atomic E-state index is 5.98. The molecule has 0 spiro atoms. The predicted molar refractivity (Wildman–Crippen MR) is 60.9 cm³/mol. The molecule has 1 aromatic carbocycles. The Morgan fingerprint density at radius 2 is 2.36 bits per heavy atom. The molecule has 14 heavy (non-hydrogen) atoms. The molecule has 1 saturated heterocycles. The molecule has 0 amide bonds. The van der Waals surface area contributed by atoms with Gasteiger partial charge in [0.2, 0.25) is 0 Å². The number of hydrogen-bond acceptors (Lipinski definition) is 1. The third-order valence-electron chi connectivity index (χ3n) is 3.08. The highest BCUT2D eigenvalue weighted by molar-refractivity contribution is 6.30. The topological polar surface area (TPSA) is 12.0 Å². The van der Waals surface area contributed by atoms with Gasteiger partial charge in [-0.3, -0.25) is 0 Å². The molecule has 2 atom stereocenters. The zero-order valence-electron chi connectivity index (χ0n) is 8.46. The largest absolute Gasteiger partial charge is 0.313 e. The fraction of sp³-hybridized carbons (Fsp3) is 0.500. The van der Waals surface area contributed by atoms with Crippen molar-refractivity contribution in [1.29, 1.82) is 0 Å². The Balaban J connectivity index is 2.13. The maximum absolute atomic E-state index is 5.98. The monoisotopic (exact) mass is 209 g/mol. The van der Waals surface area contributed by atoms with Crippen LogP contribution in [0.4, 0.5) is 0 Å². The summed E-state index contributed by atoms with van der Waals surface area (Å²) in [4.78, 5) is 0. The second kappa shape index (κ2) is 4.33. The van der Waals surface area contributed by atoms with Gasteiger partial charge in [-0.15, -0.1) is 0 Å². The molecule has 1 N–H and O–H groups in total. The molecule has 0 aliphatic carbocycles. The van der Waals surface area contributed by atoms with Crippen molar-refractivity contribution in [2.24, 2.45) is 0 Å². The average Bonchev–Trinajstić information content (AvgIpc) is 2.69. The van der Waals surface area contributed by atoms with Gasteiger partial charge in [0, 0.05) is 11.1 Å². The lowest BCUT2D eigenvalue weighted by Crippen LogP contribution is -2.27. The van der Waals surface area contributed by atoms with Gasteiger partial charge >= 0.3 is 0 Å². The van der Waals surface area contributed by atoms with E-state index in [-0.39, 0.29) is 0 Å². The van der Waals surface area contributed by atoms with E-state index in [2.05, 4.69) is 24.4 Å². The van der Waals surface area contributed by atoms with Crippen molar-refractivity contribution in [1.82, 2.24) is 5.32 Å². The summed E-state index contributed by atoms with van der Waals surface area (Å²) >= 11 is 5.98. The molecular formula is C12H16ClN. The Morgan fingerprint density at radius 3 is 3.00 bits per heavy atom. The third-order valence-corrected chi connectivity index (χ3v) is 3.31. The van der Waals surface area contributed by atoms with Gasteiger partial charge in [0.05, 0.1) is 0 Å². The van der Waals surface area contributed by atoms with Gasteiger partial charge in [0.15, 0.2) is 0 Å². The Hall–Kier alpha value is -0.530. The summed E-state index contributed by atoms with van der Waals surface area (Å²) in [5.74, 6) is 0.566. The number of nitrogens with one attached hydrogen (secondary N) is 1. The van der Waals surface area contributed by atoms with Crippen molar-refractivity contribution >= 4 is 11.6 Å². The summed E-state index contributed by atoms with van der Waals surface area (Å²) < 4.78 is 0. The molecule has 2 unspecified atom stereocenters. The van der Waals surface area contributed by atoms with E-state index < -0.39 is 0 Å². The second-order valence-corrected chi connectivity index (χ2v) is 4.48. The van der Waals surface area contributed by atoms with Crippen molar-refractivity contribution in [3.63, 3.8) is 0 Å². The molecule has 1 fully saturated rings. The first kappa shape index (κ1) is 10.0. The van der Waals surface area contributed by atoms with Gasteiger partial charge in [-0.25, -0.2) is 0 Å². The van der Waals surface area contributed by atoms with E-state index in [0.29, 0.717) is 12.0 Å². The maximum Gasteiger partial charge on any atom is 0.0408 e. The van der Waals surface area contributed by atoms with Gasteiger partial charge in [0.1, 0.15) is 0 Å². The minimum absolute atomic E-state index is 0.566. The van der Waals surface area contributed by atoms with Gasteiger partial charge in [-0.05, 0) is 43.0 Å². The Kier molecular flexibility index (Phi) is 3.09. The molecule has 0 radical (unpaired) electrons. The van der Waals surface area contributed by atoms with Crippen LogP contribution in [0.3, 0.4) is 0 Å². The van der Waals surface area contributed by atoms with Crippen LogP contribution in [0.2, 0.25) is 5.02 Å². The number of benzene rings is 1. The number of rotatable bonds is 2. The van der Waals surface area contributed by atoms with Crippen LogP contribution in [0.1, 0.15) is 31.2 Å². The summed E-state index contributed by atoms with van der Waals surface area (Å²) in [6.07, 6.45) is 2.59. The van der Waals surface area contributed by atoms with Gasteiger partial charge in [-0.1, -0.05) is 30.7 Å². The van der Waals surface area contributed by atoms with Crippen LogP contribution in [-0.4, -0.2) is 12.6 Å². The number of halogens is 1. The minimum atomic E-state index is 0.566. The minimum Gasteiger partial charge on any atom is -0.313 e. The highest BCUT2D eigenvalue weighted by Gasteiger charge is 2.21. The lowest BCUT2D eigenvalue weighted by atomic mass is 9.92. The Morgan fingerprint density at radius 1 is 1.50 bits per heavy atom. The van der Waals surface area contributed by atoms with Gasteiger partial charge < -0.3 is 5.32 Å². The van der Waals surface area contributed by atoms with Crippen LogP contribution in [0.15, 0.2) is 24.3 Å². The third kappa shape index (κ3) is 2.10. The summed E-state index contributed by atoms with van der Waals surface area (Å²) in [5.41, 5.74) is 1.34. The fourth-order valence-corrected chi connectivity index (χ4v) is 2.36. The molecule has 76 valence electrons. The molecule has 2 rings (SSSR count). The molecule has 1 aromatic rings. The molecule has 0 saturated carbocycles. The highest BCUT2D eigenvalue weighted by Crippen LogP contribution is 2.26. The Labute approximate surface area is 90.5 Å². The van der Waals surface area contributed by atoms with E-state index >= 15 is 0 Å². The summed E-state index contributed by atoms with van der Waals surface area (Å²) in [6, 6.07) is 8.83.